The van der Waals surface area contributed by atoms with E-state index in [4.69, 9.17) is 9.90 Å². The van der Waals surface area contributed by atoms with Crippen molar-refractivity contribution in [2.75, 3.05) is 0 Å². The Morgan fingerprint density at radius 3 is 2.21 bits per heavy atom. The van der Waals surface area contributed by atoms with E-state index in [1.807, 2.05) is 53.8 Å². The molecule has 5 nitrogen and oxygen atoms in total. The molecule has 0 saturated heterocycles. The largest absolute Gasteiger partial charge is 0.490 e. The van der Waals surface area contributed by atoms with Crippen molar-refractivity contribution < 1.29 is 27.9 Å². The van der Waals surface area contributed by atoms with Crippen LogP contribution in [0.1, 0.15) is 43.6 Å². The normalized spacial score (nSPS) is 16.8. The lowest BCUT2D eigenvalue weighted by atomic mass is 10.1. The topological polar surface area (TPSA) is 78.4 Å². The fraction of sp³-hybridized carbons (Fsp3) is 0.280. The van der Waals surface area contributed by atoms with Crippen molar-refractivity contribution in [3.63, 3.8) is 0 Å². The predicted molar refractivity (Wildman–Crippen MR) is 125 cm³/mol. The first-order valence-corrected chi connectivity index (χ1v) is 11.5. The second kappa shape index (κ2) is 11.3. The van der Waals surface area contributed by atoms with Crippen molar-refractivity contribution in [2.24, 2.45) is 0 Å². The van der Waals surface area contributed by atoms with Gasteiger partial charge in [-0.25, -0.2) is 4.79 Å². The van der Waals surface area contributed by atoms with Crippen molar-refractivity contribution >= 4 is 23.2 Å². The maximum absolute atomic E-state index is 12.3. The van der Waals surface area contributed by atoms with Gasteiger partial charge >= 0.3 is 12.1 Å². The zero-order chi connectivity index (χ0) is 24.7. The lowest BCUT2D eigenvalue weighted by Gasteiger charge is -2.07. The van der Waals surface area contributed by atoms with E-state index in [2.05, 4.69) is 41.8 Å². The lowest BCUT2D eigenvalue weighted by Crippen LogP contribution is -2.22. The van der Waals surface area contributed by atoms with Gasteiger partial charge in [-0.05, 0) is 48.7 Å². The second-order valence-corrected chi connectivity index (χ2v) is 9.31. The molecule has 1 fully saturated rings. The summed E-state index contributed by atoms with van der Waals surface area (Å²) in [5.41, 5.74) is 3.14. The SMILES string of the molecule is Cc1ccc(CN[C@@H]2C[C@H]2c2ccc(C(=O)NCc3ccccc3)cc2)s1.O=C(O)C(F)(F)F. The molecule has 1 aliphatic carbocycles. The highest BCUT2D eigenvalue weighted by molar-refractivity contribution is 7.11. The summed E-state index contributed by atoms with van der Waals surface area (Å²) in [4.78, 5) is 24.0. The summed E-state index contributed by atoms with van der Waals surface area (Å²) < 4.78 is 31.7. The Morgan fingerprint density at radius 1 is 1.00 bits per heavy atom. The molecule has 0 radical (unpaired) electrons. The third-order valence-corrected chi connectivity index (χ3v) is 6.27. The number of hydrogen-bond acceptors (Lipinski definition) is 4. The van der Waals surface area contributed by atoms with Gasteiger partial charge in [-0.1, -0.05) is 42.5 Å². The number of halogens is 3. The molecule has 34 heavy (non-hydrogen) atoms. The van der Waals surface area contributed by atoms with Crippen molar-refractivity contribution in [1.29, 1.82) is 0 Å². The minimum Gasteiger partial charge on any atom is -0.475 e. The van der Waals surface area contributed by atoms with E-state index in [9.17, 15) is 18.0 Å². The van der Waals surface area contributed by atoms with E-state index < -0.39 is 12.1 Å². The Kier molecular flexibility index (Phi) is 8.46. The molecule has 1 saturated carbocycles. The highest BCUT2D eigenvalue weighted by Crippen LogP contribution is 2.41. The van der Waals surface area contributed by atoms with Crippen LogP contribution in [0.15, 0.2) is 66.7 Å². The molecule has 0 unspecified atom stereocenters. The molecule has 3 aromatic rings. The average Bonchev–Trinajstić information content (AvgIpc) is 3.48. The second-order valence-electron chi connectivity index (χ2n) is 7.94. The van der Waals surface area contributed by atoms with Crippen LogP contribution in [0.25, 0.3) is 0 Å². The highest BCUT2D eigenvalue weighted by atomic mass is 32.1. The number of carboxylic acid groups (broad SMARTS) is 1. The lowest BCUT2D eigenvalue weighted by molar-refractivity contribution is -0.192. The van der Waals surface area contributed by atoms with Crippen molar-refractivity contribution in [2.45, 2.75) is 44.6 Å². The first-order chi connectivity index (χ1) is 16.1. The molecular weight excluding hydrogens is 465 g/mol. The number of alkyl halides is 3. The molecule has 1 amide bonds. The van der Waals surface area contributed by atoms with Crippen LogP contribution >= 0.6 is 11.3 Å². The first-order valence-electron chi connectivity index (χ1n) is 10.6. The fourth-order valence-corrected chi connectivity index (χ4v) is 4.20. The number of carboxylic acids is 1. The van der Waals surface area contributed by atoms with Crippen LogP contribution in [0.3, 0.4) is 0 Å². The van der Waals surface area contributed by atoms with Crippen molar-refractivity contribution in [1.82, 2.24) is 10.6 Å². The van der Waals surface area contributed by atoms with Gasteiger partial charge in [0.2, 0.25) is 0 Å². The van der Waals surface area contributed by atoms with E-state index in [0.29, 0.717) is 24.1 Å². The van der Waals surface area contributed by atoms with Crippen molar-refractivity contribution in [3.8, 4) is 0 Å². The van der Waals surface area contributed by atoms with Crippen LogP contribution < -0.4 is 10.6 Å². The zero-order valence-electron chi connectivity index (χ0n) is 18.4. The number of amides is 1. The van der Waals surface area contributed by atoms with Crippen LogP contribution in [0.2, 0.25) is 0 Å². The van der Waals surface area contributed by atoms with Gasteiger partial charge < -0.3 is 15.7 Å². The number of hydrogen-bond donors (Lipinski definition) is 3. The van der Waals surface area contributed by atoms with E-state index in [0.717, 1.165) is 12.1 Å². The monoisotopic (exact) mass is 490 g/mol. The maximum atomic E-state index is 12.3. The van der Waals surface area contributed by atoms with Crippen molar-refractivity contribution in [3.05, 3.63) is 93.2 Å². The molecule has 9 heteroatoms. The molecule has 0 bridgehead atoms. The Bertz CT molecular complexity index is 1100. The molecule has 2 aromatic carbocycles. The van der Waals surface area contributed by atoms with Gasteiger partial charge in [0.1, 0.15) is 0 Å². The molecule has 0 spiro atoms. The van der Waals surface area contributed by atoms with Gasteiger partial charge in [-0.2, -0.15) is 13.2 Å². The number of carbonyl (C=O) groups is 2. The molecule has 4 rings (SSSR count). The summed E-state index contributed by atoms with van der Waals surface area (Å²) in [5, 5.41) is 13.7. The molecule has 1 aliphatic rings. The summed E-state index contributed by atoms with van der Waals surface area (Å²) in [7, 11) is 0. The molecular formula is C25H25F3N2O3S. The fourth-order valence-electron chi connectivity index (χ4n) is 3.36. The Labute approximate surface area is 199 Å². The van der Waals surface area contributed by atoms with Crippen LogP contribution in [0.5, 0.6) is 0 Å². The summed E-state index contributed by atoms with van der Waals surface area (Å²) in [6.07, 6.45) is -3.91. The van der Waals surface area contributed by atoms with Gasteiger partial charge in [0, 0.05) is 40.4 Å². The smallest absolute Gasteiger partial charge is 0.475 e. The molecule has 2 atom stereocenters. The van der Waals surface area contributed by atoms with Crippen LogP contribution in [0.4, 0.5) is 13.2 Å². The van der Waals surface area contributed by atoms with E-state index >= 15 is 0 Å². The van der Waals surface area contributed by atoms with Crippen LogP contribution in [0, 0.1) is 6.92 Å². The summed E-state index contributed by atoms with van der Waals surface area (Å²) in [6.45, 7) is 3.64. The van der Waals surface area contributed by atoms with Gasteiger partial charge in [0.05, 0.1) is 0 Å². The molecule has 3 N–H and O–H groups in total. The third-order valence-electron chi connectivity index (χ3n) is 5.26. The first kappa shape index (κ1) is 25.5. The summed E-state index contributed by atoms with van der Waals surface area (Å²) in [6, 6.07) is 23.0. The number of rotatable bonds is 7. The zero-order valence-corrected chi connectivity index (χ0v) is 19.2. The standard InChI is InChI=1S/C23H24N2OS.C2HF3O2/c1-16-7-12-20(27-16)15-24-22-13-21(22)18-8-10-19(11-9-18)23(26)25-14-17-5-3-2-4-6-17;3-2(4,5)1(6)7/h2-12,21-22,24H,13-15H2,1H3,(H,25,26);(H,6,7)/t21-,22+;/m0./s1. The van der Waals surface area contributed by atoms with Gasteiger partial charge in [0.25, 0.3) is 5.91 Å². The molecule has 1 heterocycles. The quantitative estimate of drug-likeness (QED) is 0.422. The van der Waals surface area contributed by atoms with Gasteiger partial charge in [-0.3, -0.25) is 4.79 Å². The minimum absolute atomic E-state index is 0.0241. The molecule has 0 aliphatic heterocycles. The maximum Gasteiger partial charge on any atom is 0.490 e. The molecule has 1 aromatic heterocycles. The third kappa shape index (κ3) is 7.71. The minimum atomic E-state index is -5.08. The van der Waals surface area contributed by atoms with Gasteiger partial charge in [-0.15, -0.1) is 11.3 Å². The van der Waals surface area contributed by atoms with E-state index in [1.165, 1.54) is 21.7 Å². The van der Waals surface area contributed by atoms with Gasteiger partial charge in [0.15, 0.2) is 0 Å². The molecule has 180 valence electrons. The van der Waals surface area contributed by atoms with Crippen LogP contribution in [-0.2, 0) is 17.9 Å². The number of nitrogens with one attached hydrogen (secondary N) is 2. The summed E-state index contributed by atoms with van der Waals surface area (Å²) >= 11 is 1.86. The highest BCUT2D eigenvalue weighted by Gasteiger charge is 2.38. The number of aliphatic carboxylic acids is 1. The number of carbonyl (C=O) groups excluding carboxylic acids is 1. The summed E-state index contributed by atoms with van der Waals surface area (Å²) in [5.74, 6) is -2.22. The Balaban J connectivity index is 0.000000406. The number of benzene rings is 2. The number of thiophene rings is 1. The predicted octanol–water partition coefficient (Wildman–Crippen LogP) is 5.27. The van der Waals surface area contributed by atoms with E-state index in [-0.39, 0.29) is 5.91 Å². The average molecular weight is 491 g/mol. The Morgan fingerprint density at radius 2 is 1.65 bits per heavy atom. The van der Waals surface area contributed by atoms with Crippen LogP contribution in [-0.4, -0.2) is 29.2 Å². The van der Waals surface area contributed by atoms with E-state index in [1.54, 1.807) is 0 Å². The number of aryl methyl sites for hydroxylation is 1. The Hall–Kier alpha value is -3.17.